The van der Waals surface area contributed by atoms with Gasteiger partial charge in [-0.05, 0) is 43.7 Å². The van der Waals surface area contributed by atoms with Gasteiger partial charge in [-0.2, -0.15) is 13.7 Å². The largest absolute Gasteiger partial charge is 0.348 e. The van der Waals surface area contributed by atoms with Crippen molar-refractivity contribution in [2.75, 3.05) is 13.2 Å². The summed E-state index contributed by atoms with van der Waals surface area (Å²) in [5, 5.41) is 9.44. The van der Waals surface area contributed by atoms with E-state index < -0.39 is 22.0 Å². The smallest absolute Gasteiger partial charge is 0.298 e. The van der Waals surface area contributed by atoms with Crippen LogP contribution in [0.25, 0.3) is 0 Å². The molecule has 0 N–H and O–H groups in total. The molecule has 1 saturated heterocycles. The van der Waals surface area contributed by atoms with Crippen LogP contribution in [0.3, 0.4) is 0 Å². The molecule has 1 spiro atoms. The SMILES string of the molecule is Cc1ccc(S(=O)(=O)OC(C#N)CC2(C)CCC3(CC2)OCCO3)cc1. The molecule has 2 aliphatic rings. The van der Waals surface area contributed by atoms with Crippen LogP contribution in [0.5, 0.6) is 0 Å². The van der Waals surface area contributed by atoms with Gasteiger partial charge in [-0.25, -0.2) is 4.18 Å². The highest BCUT2D eigenvalue weighted by molar-refractivity contribution is 7.86. The first-order valence-corrected chi connectivity index (χ1v) is 10.3. The van der Waals surface area contributed by atoms with Crippen LogP contribution in [0.15, 0.2) is 29.2 Å². The fourth-order valence-electron chi connectivity index (χ4n) is 3.69. The van der Waals surface area contributed by atoms with Crippen LogP contribution in [0, 0.1) is 23.7 Å². The summed E-state index contributed by atoms with van der Waals surface area (Å²) >= 11 is 0. The monoisotopic (exact) mass is 379 g/mol. The predicted octanol–water partition coefficient (Wildman–Crippen LogP) is 3.31. The highest BCUT2D eigenvalue weighted by atomic mass is 32.2. The predicted molar refractivity (Wildman–Crippen MR) is 94.7 cm³/mol. The molecule has 0 aromatic heterocycles. The first-order chi connectivity index (χ1) is 12.3. The fraction of sp³-hybridized carbons (Fsp3) is 0.632. The topological polar surface area (TPSA) is 85.6 Å². The zero-order chi connectivity index (χ0) is 18.8. The Labute approximate surface area is 155 Å². The van der Waals surface area contributed by atoms with E-state index in [0.29, 0.717) is 19.6 Å². The maximum atomic E-state index is 12.4. The lowest BCUT2D eigenvalue weighted by molar-refractivity contribution is -0.191. The summed E-state index contributed by atoms with van der Waals surface area (Å²) in [6.07, 6.45) is 2.48. The second-order valence-electron chi connectivity index (χ2n) is 7.60. The van der Waals surface area contributed by atoms with E-state index in [0.717, 1.165) is 31.2 Å². The van der Waals surface area contributed by atoms with Gasteiger partial charge in [0.05, 0.1) is 24.2 Å². The highest BCUT2D eigenvalue weighted by Gasteiger charge is 2.45. The number of nitriles is 1. The average molecular weight is 379 g/mol. The molecule has 6 nitrogen and oxygen atoms in total. The van der Waals surface area contributed by atoms with Crippen molar-refractivity contribution in [3.8, 4) is 6.07 Å². The molecule has 2 fully saturated rings. The normalized spacial score (nSPS) is 22.8. The number of hydrogen-bond donors (Lipinski definition) is 0. The third-order valence-corrected chi connectivity index (χ3v) is 6.74. The fourth-order valence-corrected chi connectivity index (χ4v) is 4.68. The van der Waals surface area contributed by atoms with Crippen molar-refractivity contribution in [1.82, 2.24) is 0 Å². The van der Waals surface area contributed by atoms with E-state index in [1.54, 1.807) is 12.1 Å². The van der Waals surface area contributed by atoms with Gasteiger partial charge in [-0.3, -0.25) is 0 Å². The molecule has 1 aliphatic carbocycles. The molecule has 0 radical (unpaired) electrons. The van der Waals surface area contributed by atoms with Crippen LogP contribution in [0.4, 0.5) is 0 Å². The summed E-state index contributed by atoms with van der Waals surface area (Å²) in [5.74, 6) is -0.476. The number of hydrogen-bond acceptors (Lipinski definition) is 6. The van der Waals surface area contributed by atoms with Gasteiger partial charge in [0.2, 0.25) is 0 Å². The zero-order valence-corrected chi connectivity index (χ0v) is 16.0. The molecule has 1 unspecified atom stereocenters. The molecule has 3 rings (SSSR count). The minimum atomic E-state index is -3.96. The van der Waals surface area contributed by atoms with Crippen LogP contribution in [0.1, 0.15) is 44.6 Å². The number of nitrogens with zero attached hydrogens (tertiary/aromatic N) is 1. The van der Waals surface area contributed by atoms with Gasteiger partial charge in [0.15, 0.2) is 11.9 Å². The van der Waals surface area contributed by atoms with Crippen molar-refractivity contribution in [1.29, 1.82) is 5.26 Å². The Morgan fingerprint density at radius 2 is 1.73 bits per heavy atom. The Balaban J connectivity index is 1.64. The second kappa shape index (κ2) is 7.28. The molecule has 1 aromatic rings. The lowest BCUT2D eigenvalue weighted by Crippen LogP contribution is -2.40. The van der Waals surface area contributed by atoms with Crippen molar-refractivity contribution in [3.05, 3.63) is 29.8 Å². The third kappa shape index (κ3) is 4.26. The van der Waals surface area contributed by atoms with E-state index in [2.05, 4.69) is 6.92 Å². The van der Waals surface area contributed by atoms with Crippen LogP contribution in [-0.4, -0.2) is 33.5 Å². The Bertz CT molecular complexity index is 765. The van der Waals surface area contributed by atoms with Gasteiger partial charge in [0.25, 0.3) is 10.1 Å². The van der Waals surface area contributed by atoms with E-state index in [1.807, 2.05) is 13.0 Å². The van der Waals surface area contributed by atoms with Gasteiger partial charge in [0, 0.05) is 12.8 Å². The Kier molecular flexibility index (Phi) is 5.40. The maximum Gasteiger partial charge on any atom is 0.298 e. The number of aryl methyl sites for hydroxylation is 1. The molecule has 1 saturated carbocycles. The summed E-state index contributed by atoms with van der Waals surface area (Å²) in [5.41, 5.74) is 0.782. The molecule has 142 valence electrons. The van der Waals surface area contributed by atoms with E-state index in [9.17, 15) is 13.7 Å². The Morgan fingerprint density at radius 3 is 2.27 bits per heavy atom. The molecular weight excluding hydrogens is 354 g/mol. The summed E-state index contributed by atoms with van der Waals surface area (Å²) in [7, 11) is -3.96. The molecule has 0 amide bonds. The van der Waals surface area contributed by atoms with Crippen molar-refractivity contribution in [2.24, 2.45) is 5.41 Å². The Morgan fingerprint density at radius 1 is 1.15 bits per heavy atom. The lowest BCUT2D eigenvalue weighted by atomic mass is 9.70. The third-order valence-electron chi connectivity index (χ3n) is 5.41. The van der Waals surface area contributed by atoms with Crippen LogP contribution >= 0.6 is 0 Å². The van der Waals surface area contributed by atoms with Gasteiger partial charge in [-0.1, -0.05) is 24.6 Å². The quantitative estimate of drug-likeness (QED) is 0.730. The molecule has 1 aromatic carbocycles. The summed E-state index contributed by atoms with van der Waals surface area (Å²) in [4.78, 5) is 0.0730. The molecule has 0 bridgehead atoms. The standard InChI is InChI=1S/C19H25NO5S/c1-15-3-5-17(6-4-15)26(21,22)25-16(14-20)13-18(2)7-9-19(10-8-18)23-11-12-24-19/h3-6,16H,7-13H2,1-2H3. The minimum Gasteiger partial charge on any atom is -0.348 e. The molecule has 7 heteroatoms. The van der Waals surface area contributed by atoms with E-state index >= 15 is 0 Å². The molecule has 1 aliphatic heterocycles. The molecule has 1 atom stereocenters. The number of benzene rings is 1. The molecule has 26 heavy (non-hydrogen) atoms. The summed E-state index contributed by atoms with van der Waals surface area (Å²) < 4.78 is 41.6. The molecular formula is C19H25NO5S. The lowest BCUT2D eigenvalue weighted by Gasteiger charge is -2.42. The summed E-state index contributed by atoms with van der Waals surface area (Å²) in [6, 6.07) is 8.43. The van der Waals surface area contributed by atoms with E-state index in [4.69, 9.17) is 13.7 Å². The van der Waals surface area contributed by atoms with Gasteiger partial charge >= 0.3 is 0 Å². The summed E-state index contributed by atoms with van der Waals surface area (Å²) in [6.45, 7) is 5.19. The average Bonchev–Trinajstić information content (AvgIpc) is 3.06. The highest BCUT2D eigenvalue weighted by Crippen LogP contribution is 2.47. The number of ether oxygens (including phenoxy) is 2. The van der Waals surface area contributed by atoms with Crippen molar-refractivity contribution in [3.63, 3.8) is 0 Å². The Hall–Kier alpha value is -1.46. The van der Waals surface area contributed by atoms with Gasteiger partial charge in [-0.15, -0.1) is 0 Å². The van der Waals surface area contributed by atoms with E-state index in [1.165, 1.54) is 12.1 Å². The van der Waals surface area contributed by atoms with Crippen molar-refractivity contribution < 1.29 is 22.1 Å². The first-order valence-electron chi connectivity index (χ1n) is 8.94. The van der Waals surface area contributed by atoms with Crippen molar-refractivity contribution >= 4 is 10.1 Å². The molecule has 1 heterocycles. The van der Waals surface area contributed by atoms with E-state index in [-0.39, 0.29) is 10.3 Å². The van der Waals surface area contributed by atoms with Crippen LogP contribution in [-0.2, 0) is 23.8 Å². The van der Waals surface area contributed by atoms with Gasteiger partial charge in [0.1, 0.15) is 0 Å². The second-order valence-corrected chi connectivity index (χ2v) is 9.18. The minimum absolute atomic E-state index is 0.0730. The number of rotatable bonds is 5. The van der Waals surface area contributed by atoms with Crippen LogP contribution < -0.4 is 0 Å². The maximum absolute atomic E-state index is 12.4. The first kappa shape index (κ1) is 19.3. The van der Waals surface area contributed by atoms with Crippen LogP contribution in [0.2, 0.25) is 0 Å². The van der Waals surface area contributed by atoms with Gasteiger partial charge < -0.3 is 9.47 Å². The zero-order valence-electron chi connectivity index (χ0n) is 15.2. The van der Waals surface area contributed by atoms with Crippen molar-refractivity contribution in [2.45, 2.75) is 62.7 Å².